The number of fused-ring (bicyclic) bond motifs is 1. The number of amides is 1. The number of ether oxygens (including phenoxy) is 3. The molecule has 0 unspecified atom stereocenters. The molecule has 1 aliphatic rings. The molecule has 0 saturated heterocycles. The fraction of sp³-hybridized carbons (Fsp3) is 0.238. The number of hydrogen-bond donors (Lipinski definition) is 1. The number of nitrogens with zero attached hydrogens (tertiary/aromatic N) is 1. The Balaban J connectivity index is 1.40. The van der Waals surface area contributed by atoms with E-state index in [0.29, 0.717) is 18.0 Å². The second-order valence-corrected chi connectivity index (χ2v) is 6.39. The highest BCUT2D eigenvalue weighted by atomic mass is 16.7. The minimum Gasteiger partial charge on any atom is -0.454 e. The van der Waals surface area contributed by atoms with Crippen LogP contribution in [0.2, 0.25) is 0 Å². The molecule has 1 aliphatic heterocycles. The van der Waals surface area contributed by atoms with Crippen molar-refractivity contribution < 1.29 is 23.8 Å². The van der Waals surface area contributed by atoms with E-state index >= 15 is 0 Å². The first-order chi connectivity index (χ1) is 13.5. The fourth-order valence-electron chi connectivity index (χ4n) is 2.53. The third-order valence-corrected chi connectivity index (χ3v) is 4.10. The van der Waals surface area contributed by atoms with Gasteiger partial charge in [0.1, 0.15) is 0 Å². The molecule has 7 nitrogen and oxygen atoms in total. The average Bonchev–Trinajstić information content (AvgIpc) is 3.17. The van der Waals surface area contributed by atoms with Crippen molar-refractivity contribution >= 4 is 23.6 Å². The number of rotatable bonds is 7. The molecule has 146 valence electrons. The van der Waals surface area contributed by atoms with E-state index in [9.17, 15) is 9.59 Å². The molecule has 0 aliphatic carbocycles. The summed E-state index contributed by atoms with van der Waals surface area (Å²) in [5, 5.41) is 2.72. The van der Waals surface area contributed by atoms with Gasteiger partial charge < -0.3 is 24.4 Å². The third kappa shape index (κ3) is 5.26. The zero-order valence-electron chi connectivity index (χ0n) is 15.8. The summed E-state index contributed by atoms with van der Waals surface area (Å²) in [7, 11) is 3.93. The lowest BCUT2D eigenvalue weighted by molar-refractivity contribution is -0.143. The van der Waals surface area contributed by atoms with E-state index in [-0.39, 0.29) is 19.3 Å². The lowest BCUT2D eigenvalue weighted by Crippen LogP contribution is -2.28. The van der Waals surface area contributed by atoms with Gasteiger partial charge in [0.15, 0.2) is 18.1 Å². The Morgan fingerprint density at radius 1 is 1.11 bits per heavy atom. The Bertz CT molecular complexity index is 875. The Kier molecular flexibility index (Phi) is 6.16. The smallest absolute Gasteiger partial charge is 0.331 e. The van der Waals surface area contributed by atoms with E-state index in [2.05, 4.69) is 5.32 Å². The van der Waals surface area contributed by atoms with E-state index < -0.39 is 5.97 Å². The lowest BCUT2D eigenvalue weighted by atomic mass is 10.2. The van der Waals surface area contributed by atoms with Crippen molar-refractivity contribution in [3.8, 4) is 11.5 Å². The summed E-state index contributed by atoms with van der Waals surface area (Å²) in [6, 6.07) is 13.2. The molecule has 0 atom stereocenters. The van der Waals surface area contributed by atoms with Crippen LogP contribution in [0, 0.1) is 0 Å². The number of hydrogen-bond acceptors (Lipinski definition) is 6. The van der Waals surface area contributed by atoms with Gasteiger partial charge in [-0.25, -0.2) is 4.79 Å². The molecule has 28 heavy (non-hydrogen) atoms. The van der Waals surface area contributed by atoms with Crippen LogP contribution in [0.3, 0.4) is 0 Å². The third-order valence-electron chi connectivity index (χ3n) is 4.10. The quantitative estimate of drug-likeness (QED) is 0.585. The van der Waals surface area contributed by atoms with Crippen molar-refractivity contribution in [1.82, 2.24) is 5.32 Å². The molecule has 7 heteroatoms. The molecule has 3 rings (SSSR count). The van der Waals surface area contributed by atoms with Gasteiger partial charge in [-0.05, 0) is 41.5 Å². The highest BCUT2D eigenvalue weighted by Gasteiger charge is 2.12. The van der Waals surface area contributed by atoms with Crippen LogP contribution in [0.25, 0.3) is 6.08 Å². The fourth-order valence-corrected chi connectivity index (χ4v) is 2.53. The molecular weight excluding hydrogens is 360 g/mol. The van der Waals surface area contributed by atoms with E-state index in [1.165, 1.54) is 6.08 Å². The van der Waals surface area contributed by atoms with Gasteiger partial charge in [0.25, 0.3) is 5.91 Å². The summed E-state index contributed by atoms with van der Waals surface area (Å²) in [6.45, 7) is 0.233. The molecule has 0 fully saturated rings. The number of carbonyl (C=O) groups is 2. The summed E-state index contributed by atoms with van der Waals surface area (Å²) in [4.78, 5) is 25.6. The minimum atomic E-state index is -0.594. The largest absolute Gasteiger partial charge is 0.454 e. The van der Waals surface area contributed by atoms with Crippen molar-refractivity contribution in [2.24, 2.45) is 0 Å². The zero-order valence-corrected chi connectivity index (χ0v) is 15.8. The standard InChI is InChI=1S/C21H22N2O5/c1-23(2)17-7-3-16(4-8-17)12-22-20(24)13-26-21(25)10-6-15-5-9-18-19(11-15)28-14-27-18/h3-11H,12-14H2,1-2H3,(H,22,24)/b10-6+. The number of nitrogens with one attached hydrogen (secondary N) is 1. The summed E-state index contributed by atoms with van der Waals surface area (Å²) >= 11 is 0. The average molecular weight is 382 g/mol. The molecule has 0 spiro atoms. The van der Waals surface area contributed by atoms with E-state index in [1.54, 1.807) is 24.3 Å². The maximum atomic E-state index is 11.8. The van der Waals surface area contributed by atoms with Gasteiger partial charge in [0.2, 0.25) is 6.79 Å². The normalized spacial score (nSPS) is 12.1. The van der Waals surface area contributed by atoms with E-state index in [4.69, 9.17) is 14.2 Å². The number of benzene rings is 2. The topological polar surface area (TPSA) is 77.1 Å². The predicted molar refractivity (Wildman–Crippen MR) is 105 cm³/mol. The Hall–Kier alpha value is -3.48. The number of anilines is 1. The molecule has 0 saturated carbocycles. The SMILES string of the molecule is CN(C)c1ccc(CNC(=O)COC(=O)/C=C/c2ccc3c(c2)OCO3)cc1. The van der Waals surface area contributed by atoms with Crippen LogP contribution >= 0.6 is 0 Å². The first-order valence-electron chi connectivity index (χ1n) is 8.79. The molecule has 1 N–H and O–H groups in total. The summed E-state index contributed by atoms with van der Waals surface area (Å²) < 4.78 is 15.5. The summed E-state index contributed by atoms with van der Waals surface area (Å²) in [6.07, 6.45) is 2.86. The van der Waals surface area contributed by atoms with Gasteiger partial charge in [-0.1, -0.05) is 18.2 Å². The highest BCUT2D eigenvalue weighted by Crippen LogP contribution is 2.32. The van der Waals surface area contributed by atoms with Gasteiger partial charge in [-0.15, -0.1) is 0 Å². The monoisotopic (exact) mass is 382 g/mol. The Morgan fingerprint density at radius 2 is 1.86 bits per heavy atom. The molecule has 0 bridgehead atoms. The van der Waals surface area contributed by atoms with Crippen molar-refractivity contribution in [2.75, 3.05) is 32.4 Å². The predicted octanol–water partition coefficient (Wildman–Crippen LogP) is 2.35. The summed E-state index contributed by atoms with van der Waals surface area (Å²) in [5.41, 5.74) is 2.82. The van der Waals surface area contributed by atoms with Gasteiger partial charge in [0, 0.05) is 32.4 Å². The van der Waals surface area contributed by atoms with Crippen LogP contribution in [-0.4, -0.2) is 39.4 Å². The summed E-state index contributed by atoms with van der Waals surface area (Å²) in [5.74, 6) is 0.353. The first kappa shape index (κ1) is 19.3. The Labute approximate surface area is 163 Å². The van der Waals surface area contributed by atoms with Gasteiger partial charge >= 0.3 is 5.97 Å². The molecule has 0 aromatic heterocycles. The minimum absolute atomic E-state index is 0.194. The molecule has 1 amide bonds. The van der Waals surface area contributed by atoms with Crippen LogP contribution in [0.1, 0.15) is 11.1 Å². The van der Waals surface area contributed by atoms with Crippen molar-refractivity contribution in [3.63, 3.8) is 0 Å². The van der Waals surface area contributed by atoms with Crippen LogP contribution in [0.15, 0.2) is 48.5 Å². The van der Waals surface area contributed by atoms with E-state index in [0.717, 1.165) is 16.8 Å². The maximum absolute atomic E-state index is 11.8. The van der Waals surface area contributed by atoms with Crippen molar-refractivity contribution in [1.29, 1.82) is 0 Å². The Morgan fingerprint density at radius 3 is 2.61 bits per heavy atom. The zero-order chi connectivity index (χ0) is 19.9. The maximum Gasteiger partial charge on any atom is 0.331 e. The van der Waals surface area contributed by atoms with Crippen LogP contribution in [-0.2, 0) is 20.9 Å². The first-order valence-corrected chi connectivity index (χ1v) is 8.79. The molecule has 1 heterocycles. The number of esters is 1. The van der Waals surface area contributed by atoms with Crippen LogP contribution in [0.5, 0.6) is 11.5 Å². The number of carbonyl (C=O) groups excluding carboxylic acids is 2. The molecule has 2 aromatic carbocycles. The van der Waals surface area contributed by atoms with Crippen LogP contribution < -0.4 is 19.7 Å². The lowest BCUT2D eigenvalue weighted by Gasteiger charge is -2.12. The van der Waals surface area contributed by atoms with Gasteiger partial charge in [-0.3, -0.25) is 4.79 Å². The molecular formula is C21H22N2O5. The second kappa shape index (κ2) is 8.94. The van der Waals surface area contributed by atoms with Crippen molar-refractivity contribution in [2.45, 2.75) is 6.54 Å². The van der Waals surface area contributed by atoms with Gasteiger partial charge in [-0.2, -0.15) is 0 Å². The molecule has 0 radical (unpaired) electrons. The van der Waals surface area contributed by atoms with Crippen LogP contribution in [0.4, 0.5) is 5.69 Å². The van der Waals surface area contributed by atoms with Gasteiger partial charge in [0.05, 0.1) is 0 Å². The molecule has 2 aromatic rings. The van der Waals surface area contributed by atoms with E-state index in [1.807, 2.05) is 43.3 Å². The second-order valence-electron chi connectivity index (χ2n) is 6.39. The highest BCUT2D eigenvalue weighted by molar-refractivity contribution is 5.89. The van der Waals surface area contributed by atoms with Crippen molar-refractivity contribution in [3.05, 3.63) is 59.7 Å².